The maximum atomic E-state index is 13.3. The van der Waals surface area contributed by atoms with E-state index in [0.29, 0.717) is 10.0 Å². The lowest BCUT2D eigenvalue weighted by Gasteiger charge is -2.15. The third-order valence-corrected chi connectivity index (χ3v) is 7.54. The van der Waals surface area contributed by atoms with E-state index >= 15 is 0 Å². The number of carbonyl (C=O) groups excluding carboxylic acids is 2. The number of halogens is 2. The van der Waals surface area contributed by atoms with E-state index in [9.17, 15) is 18.0 Å². The molecule has 9 heteroatoms. The van der Waals surface area contributed by atoms with Gasteiger partial charge in [-0.1, -0.05) is 69.5 Å². The average molecular weight is 584 g/mol. The molecule has 0 fully saturated rings. The molecule has 0 radical (unpaired) electrons. The highest BCUT2D eigenvalue weighted by Gasteiger charge is 2.21. The third-order valence-electron chi connectivity index (χ3n) is 5.34. The van der Waals surface area contributed by atoms with Crippen molar-refractivity contribution in [2.45, 2.75) is 11.8 Å². The van der Waals surface area contributed by atoms with Crippen molar-refractivity contribution in [1.82, 2.24) is 0 Å². The van der Waals surface area contributed by atoms with Gasteiger partial charge < -0.3 is 5.32 Å². The van der Waals surface area contributed by atoms with Gasteiger partial charge in [-0.2, -0.15) is 0 Å². The zero-order valence-corrected chi connectivity index (χ0v) is 22.1. The molecule has 1 amide bonds. The van der Waals surface area contributed by atoms with Crippen molar-refractivity contribution in [3.05, 3.63) is 123 Å². The Labute approximate surface area is 222 Å². The van der Waals surface area contributed by atoms with Gasteiger partial charge in [0.05, 0.1) is 26.9 Å². The van der Waals surface area contributed by atoms with Crippen LogP contribution in [0.2, 0.25) is 5.02 Å². The van der Waals surface area contributed by atoms with Gasteiger partial charge in [-0.05, 0) is 61.5 Å². The van der Waals surface area contributed by atoms with Crippen LogP contribution >= 0.6 is 27.5 Å². The summed E-state index contributed by atoms with van der Waals surface area (Å²) in [5.41, 5.74) is 1.89. The van der Waals surface area contributed by atoms with Crippen LogP contribution in [0.4, 0.5) is 11.4 Å². The van der Waals surface area contributed by atoms with E-state index in [1.807, 2.05) is 6.92 Å². The molecule has 182 valence electrons. The largest absolute Gasteiger partial charge is 0.321 e. The van der Waals surface area contributed by atoms with Crippen molar-refractivity contribution in [2.24, 2.45) is 0 Å². The van der Waals surface area contributed by atoms with Gasteiger partial charge >= 0.3 is 0 Å². The molecule has 0 spiro atoms. The van der Waals surface area contributed by atoms with Crippen molar-refractivity contribution in [2.75, 3.05) is 10.0 Å². The number of hydrogen-bond acceptors (Lipinski definition) is 4. The topological polar surface area (TPSA) is 92.3 Å². The summed E-state index contributed by atoms with van der Waals surface area (Å²) in [5, 5.41) is 3.03. The van der Waals surface area contributed by atoms with Crippen molar-refractivity contribution in [3.8, 4) is 0 Å². The first-order valence-electron chi connectivity index (χ1n) is 10.7. The Bertz CT molecular complexity index is 1570. The Kier molecular flexibility index (Phi) is 7.59. The fourth-order valence-electron chi connectivity index (χ4n) is 3.48. The van der Waals surface area contributed by atoms with Gasteiger partial charge in [0.2, 0.25) is 0 Å². The molecular weight excluding hydrogens is 564 g/mol. The van der Waals surface area contributed by atoms with E-state index < -0.39 is 15.9 Å². The van der Waals surface area contributed by atoms with Crippen LogP contribution in [0.15, 0.2) is 100 Å². The van der Waals surface area contributed by atoms with Gasteiger partial charge in [0.1, 0.15) is 0 Å². The number of rotatable bonds is 7. The van der Waals surface area contributed by atoms with Crippen LogP contribution in [-0.4, -0.2) is 20.1 Å². The van der Waals surface area contributed by atoms with Crippen LogP contribution in [0, 0.1) is 6.92 Å². The first kappa shape index (κ1) is 25.6. The molecular formula is C27H20BrClN2O4S. The van der Waals surface area contributed by atoms with Crippen LogP contribution in [0.25, 0.3) is 0 Å². The van der Waals surface area contributed by atoms with Crippen molar-refractivity contribution < 1.29 is 18.0 Å². The van der Waals surface area contributed by atoms with E-state index in [2.05, 4.69) is 26.0 Å². The summed E-state index contributed by atoms with van der Waals surface area (Å²) in [6.45, 7) is 1.86. The minimum Gasteiger partial charge on any atom is -0.321 e. The van der Waals surface area contributed by atoms with E-state index in [1.165, 1.54) is 24.3 Å². The van der Waals surface area contributed by atoms with Crippen molar-refractivity contribution in [3.63, 3.8) is 0 Å². The molecule has 36 heavy (non-hydrogen) atoms. The van der Waals surface area contributed by atoms with Crippen LogP contribution < -0.4 is 10.0 Å². The molecule has 0 aliphatic carbocycles. The van der Waals surface area contributed by atoms with Gasteiger partial charge in [-0.3, -0.25) is 14.3 Å². The first-order chi connectivity index (χ1) is 17.2. The van der Waals surface area contributed by atoms with Crippen LogP contribution in [0.5, 0.6) is 0 Å². The molecule has 0 aliphatic rings. The van der Waals surface area contributed by atoms with E-state index in [4.69, 9.17) is 11.6 Å². The minimum atomic E-state index is -3.93. The summed E-state index contributed by atoms with van der Waals surface area (Å²) in [4.78, 5) is 26.6. The fraction of sp³-hybridized carbons (Fsp3) is 0.0370. The smallest absolute Gasteiger partial charge is 0.261 e. The molecule has 0 aliphatic heterocycles. The van der Waals surface area contributed by atoms with Gasteiger partial charge in [0.25, 0.3) is 15.9 Å². The van der Waals surface area contributed by atoms with Crippen molar-refractivity contribution >= 4 is 60.6 Å². The number of ketones is 1. The Morgan fingerprint density at radius 3 is 2.11 bits per heavy atom. The average Bonchev–Trinajstić information content (AvgIpc) is 2.85. The number of hydrogen-bond donors (Lipinski definition) is 2. The maximum absolute atomic E-state index is 13.3. The van der Waals surface area contributed by atoms with Gasteiger partial charge in [0, 0.05) is 15.6 Å². The van der Waals surface area contributed by atoms with E-state index in [1.54, 1.807) is 66.7 Å². The third kappa shape index (κ3) is 5.67. The Morgan fingerprint density at radius 2 is 1.42 bits per heavy atom. The second kappa shape index (κ2) is 10.7. The first-order valence-corrected chi connectivity index (χ1v) is 13.4. The molecule has 0 aromatic heterocycles. The predicted molar refractivity (Wildman–Crippen MR) is 145 cm³/mol. The van der Waals surface area contributed by atoms with Crippen LogP contribution in [0.1, 0.15) is 31.8 Å². The molecule has 0 unspecified atom stereocenters. The SMILES string of the molecule is Cc1ccc(S(=O)(=O)Nc2ccccc2C(=O)Nc2ccc(Br)cc2C(=O)c2ccccc2Cl)cc1. The molecule has 0 saturated carbocycles. The number of nitrogens with one attached hydrogen (secondary N) is 2. The van der Waals surface area contributed by atoms with Gasteiger partial charge in [-0.25, -0.2) is 8.42 Å². The summed E-state index contributed by atoms with van der Waals surface area (Å²) in [5.74, 6) is -0.960. The minimum absolute atomic E-state index is 0.0730. The summed E-state index contributed by atoms with van der Waals surface area (Å²) in [6.07, 6.45) is 0. The molecule has 0 saturated heterocycles. The molecule has 4 rings (SSSR count). The standard InChI is InChI=1S/C27H20BrClN2O4S/c1-17-10-13-19(14-11-17)36(34,35)31-25-9-5-3-7-21(25)27(33)30-24-15-12-18(28)16-22(24)26(32)20-6-2-4-8-23(20)29/h2-16,31H,1H3,(H,30,33). The molecule has 4 aromatic rings. The fourth-order valence-corrected chi connectivity index (χ4v) is 5.15. The molecule has 0 heterocycles. The normalized spacial score (nSPS) is 11.1. The van der Waals surface area contributed by atoms with Crippen molar-refractivity contribution in [1.29, 1.82) is 0 Å². The lowest BCUT2D eigenvalue weighted by Crippen LogP contribution is -2.19. The number of para-hydroxylation sites is 1. The highest BCUT2D eigenvalue weighted by atomic mass is 79.9. The van der Waals surface area contributed by atoms with Crippen LogP contribution in [0.3, 0.4) is 0 Å². The predicted octanol–water partition coefficient (Wildman–Crippen LogP) is 6.70. The van der Waals surface area contributed by atoms with Gasteiger partial charge in [-0.15, -0.1) is 0 Å². The summed E-state index contributed by atoms with van der Waals surface area (Å²) in [7, 11) is -3.93. The van der Waals surface area contributed by atoms with Gasteiger partial charge in [0.15, 0.2) is 5.78 Å². The maximum Gasteiger partial charge on any atom is 0.261 e. The summed E-state index contributed by atoms with van der Waals surface area (Å²) < 4.78 is 29.0. The molecule has 0 atom stereocenters. The Balaban J connectivity index is 1.65. The molecule has 4 aromatic carbocycles. The Morgan fingerprint density at radius 1 is 0.778 bits per heavy atom. The monoisotopic (exact) mass is 582 g/mol. The number of benzene rings is 4. The summed E-state index contributed by atoms with van der Waals surface area (Å²) in [6, 6.07) is 24.1. The molecule has 2 N–H and O–H groups in total. The number of sulfonamides is 1. The number of carbonyl (C=O) groups is 2. The summed E-state index contributed by atoms with van der Waals surface area (Å²) >= 11 is 9.58. The molecule has 0 bridgehead atoms. The quantitative estimate of drug-likeness (QED) is 0.237. The Hall–Kier alpha value is -3.46. The van der Waals surface area contributed by atoms with Crippen LogP contribution in [-0.2, 0) is 10.0 Å². The number of amides is 1. The highest BCUT2D eigenvalue weighted by Crippen LogP contribution is 2.28. The number of anilines is 2. The van der Waals surface area contributed by atoms with E-state index in [-0.39, 0.29) is 38.2 Å². The zero-order valence-electron chi connectivity index (χ0n) is 19.0. The highest BCUT2D eigenvalue weighted by molar-refractivity contribution is 9.10. The number of aryl methyl sites for hydroxylation is 1. The second-order valence-electron chi connectivity index (χ2n) is 7.92. The zero-order chi connectivity index (χ0) is 25.9. The lowest BCUT2D eigenvalue weighted by atomic mass is 10.0. The van der Waals surface area contributed by atoms with E-state index in [0.717, 1.165) is 5.56 Å². The second-order valence-corrected chi connectivity index (χ2v) is 10.9. The molecule has 6 nitrogen and oxygen atoms in total. The lowest BCUT2D eigenvalue weighted by molar-refractivity contribution is 0.102.